The van der Waals surface area contributed by atoms with Crippen LogP contribution in [0.25, 0.3) is 6.08 Å². The van der Waals surface area contributed by atoms with Crippen LogP contribution in [0.15, 0.2) is 53.0 Å². The first kappa shape index (κ1) is 22.5. The van der Waals surface area contributed by atoms with Gasteiger partial charge in [-0.3, -0.25) is 9.59 Å². The molecular weight excluding hydrogens is 436 g/mol. The molecule has 29 heavy (non-hydrogen) atoms. The second kappa shape index (κ2) is 11.3. The minimum Gasteiger partial charge on any atom is -0.490 e. The highest BCUT2D eigenvalue weighted by atomic mass is 79.9. The third kappa shape index (κ3) is 7.27. The number of carbonyl (C=O) groups excluding carboxylic acids is 2. The summed E-state index contributed by atoms with van der Waals surface area (Å²) in [5.41, 5.74) is 1.47. The van der Waals surface area contributed by atoms with Gasteiger partial charge in [0.1, 0.15) is 0 Å². The molecule has 2 amide bonds. The first-order valence-corrected chi connectivity index (χ1v) is 10.1. The van der Waals surface area contributed by atoms with Gasteiger partial charge in [-0.05, 0) is 49.8 Å². The molecule has 6 nitrogen and oxygen atoms in total. The molecule has 0 bridgehead atoms. The largest absolute Gasteiger partial charge is 0.490 e. The van der Waals surface area contributed by atoms with Gasteiger partial charge in [0.05, 0.1) is 19.8 Å². The summed E-state index contributed by atoms with van der Waals surface area (Å²) in [7, 11) is 1.58. The van der Waals surface area contributed by atoms with Crippen LogP contribution in [0.5, 0.6) is 11.5 Å². The number of hydrogen-bond acceptors (Lipinski definition) is 4. The number of ether oxygens (including phenoxy) is 2. The zero-order valence-corrected chi connectivity index (χ0v) is 18.4. The Morgan fingerprint density at radius 1 is 1.07 bits per heavy atom. The van der Waals surface area contributed by atoms with Crippen LogP contribution in [0.4, 0.5) is 5.69 Å². The van der Waals surface area contributed by atoms with E-state index in [9.17, 15) is 9.59 Å². The van der Waals surface area contributed by atoms with Gasteiger partial charge in [-0.2, -0.15) is 0 Å². The molecule has 154 valence electrons. The van der Waals surface area contributed by atoms with E-state index in [2.05, 4.69) is 21.2 Å². The lowest BCUT2D eigenvalue weighted by Gasteiger charge is -2.16. The summed E-state index contributed by atoms with van der Waals surface area (Å²) in [6.45, 7) is 4.70. The number of amides is 2. The third-order valence-corrected chi connectivity index (χ3v) is 4.34. The lowest BCUT2D eigenvalue weighted by Crippen LogP contribution is -2.33. The summed E-state index contributed by atoms with van der Waals surface area (Å²) in [5.74, 6) is 0.621. The van der Waals surface area contributed by atoms with Crippen molar-refractivity contribution in [2.45, 2.75) is 13.8 Å². The van der Waals surface area contributed by atoms with E-state index < -0.39 is 0 Å². The number of nitrogens with one attached hydrogen (secondary N) is 1. The summed E-state index contributed by atoms with van der Waals surface area (Å²) in [4.78, 5) is 25.9. The summed E-state index contributed by atoms with van der Waals surface area (Å²) in [5, 5.41) is 2.78. The van der Waals surface area contributed by atoms with Gasteiger partial charge in [0.15, 0.2) is 11.5 Å². The van der Waals surface area contributed by atoms with Crippen molar-refractivity contribution in [1.29, 1.82) is 0 Å². The number of nitrogens with zero attached hydrogens (tertiary/aromatic N) is 1. The van der Waals surface area contributed by atoms with Crippen LogP contribution in [-0.4, -0.2) is 43.5 Å². The Labute approximate surface area is 179 Å². The SMILES string of the molecule is CCOc1ccc(NC(=O)CN(C)C(=O)C=Cc2cccc(Br)c2)cc1OCC. The fraction of sp³-hybridized carbons (Fsp3) is 0.273. The molecule has 0 unspecified atom stereocenters. The van der Waals surface area contributed by atoms with Gasteiger partial charge in [0.25, 0.3) is 0 Å². The predicted octanol–water partition coefficient (Wildman–Crippen LogP) is 4.36. The number of anilines is 1. The standard InChI is InChI=1S/C22H25BrN2O4/c1-4-28-19-11-10-18(14-20(19)29-5-2)24-21(26)15-25(3)22(27)12-9-16-7-6-8-17(23)13-16/h6-14H,4-5,15H2,1-3H3,(H,24,26). The zero-order valence-electron chi connectivity index (χ0n) is 16.8. The molecule has 0 aliphatic carbocycles. The first-order chi connectivity index (χ1) is 13.9. The lowest BCUT2D eigenvalue weighted by molar-refractivity contribution is -0.129. The Morgan fingerprint density at radius 2 is 1.79 bits per heavy atom. The second-order valence-electron chi connectivity index (χ2n) is 6.16. The summed E-state index contributed by atoms with van der Waals surface area (Å²) < 4.78 is 12.0. The molecule has 2 aromatic rings. The van der Waals surface area contributed by atoms with E-state index in [0.717, 1.165) is 10.0 Å². The molecule has 0 spiro atoms. The van der Waals surface area contributed by atoms with Crippen molar-refractivity contribution >= 4 is 39.5 Å². The van der Waals surface area contributed by atoms with Crippen molar-refractivity contribution in [3.63, 3.8) is 0 Å². The van der Waals surface area contributed by atoms with Crippen LogP contribution >= 0.6 is 15.9 Å². The Morgan fingerprint density at radius 3 is 2.48 bits per heavy atom. The molecule has 0 aromatic heterocycles. The Bertz CT molecular complexity index is 883. The van der Waals surface area contributed by atoms with Crippen molar-refractivity contribution in [2.75, 3.05) is 32.1 Å². The normalized spacial score (nSPS) is 10.6. The van der Waals surface area contributed by atoms with Gasteiger partial charge in [-0.15, -0.1) is 0 Å². The minimum atomic E-state index is -0.302. The molecule has 0 aliphatic heterocycles. The fourth-order valence-corrected chi connectivity index (χ4v) is 2.94. The van der Waals surface area contributed by atoms with Crippen LogP contribution < -0.4 is 14.8 Å². The number of carbonyl (C=O) groups is 2. The smallest absolute Gasteiger partial charge is 0.246 e. The molecule has 0 saturated heterocycles. The van der Waals surface area contributed by atoms with Crippen LogP contribution in [0, 0.1) is 0 Å². The fourth-order valence-electron chi connectivity index (χ4n) is 2.53. The van der Waals surface area contributed by atoms with Crippen LogP contribution in [-0.2, 0) is 9.59 Å². The highest BCUT2D eigenvalue weighted by Gasteiger charge is 2.12. The van der Waals surface area contributed by atoms with E-state index in [0.29, 0.717) is 30.4 Å². The number of likely N-dealkylation sites (N-methyl/N-ethyl adjacent to an activating group) is 1. The molecule has 2 rings (SSSR count). The van der Waals surface area contributed by atoms with E-state index >= 15 is 0 Å². The molecule has 0 saturated carbocycles. The second-order valence-corrected chi connectivity index (χ2v) is 7.07. The Kier molecular flexibility index (Phi) is 8.73. The maximum atomic E-state index is 12.3. The van der Waals surface area contributed by atoms with Gasteiger partial charge in [0.2, 0.25) is 11.8 Å². The van der Waals surface area contributed by atoms with E-state index in [1.807, 2.05) is 38.1 Å². The molecule has 7 heteroatoms. The monoisotopic (exact) mass is 460 g/mol. The predicted molar refractivity (Wildman–Crippen MR) is 118 cm³/mol. The maximum Gasteiger partial charge on any atom is 0.246 e. The van der Waals surface area contributed by atoms with Gasteiger partial charge in [0, 0.05) is 29.4 Å². The van der Waals surface area contributed by atoms with Crippen molar-refractivity contribution < 1.29 is 19.1 Å². The van der Waals surface area contributed by atoms with Crippen molar-refractivity contribution in [3.8, 4) is 11.5 Å². The summed E-state index contributed by atoms with van der Waals surface area (Å²) in [6.07, 6.45) is 3.15. The molecule has 0 aliphatic rings. The Balaban J connectivity index is 1.95. The average molecular weight is 461 g/mol. The highest BCUT2D eigenvalue weighted by Crippen LogP contribution is 2.30. The minimum absolute atomic E-state index is 0.0706. The number of halogens is 1. The number of hydrogen-bond donors (Lipinski definition) is 1. The molecule has 0 atom stereocenters. The lowest BCUT2D eigenvalue weighted by atomic mass is 10.2. The molecule has 1 N–H and O–H groups in total. The van der Waals surface area contributed by atoms with Crippen molar-refractivity contribution in [3.05, 3.63) is 58.6 Å². The van der Waals surface area contributed by atoms with Crippen LogP contribution in [0.1, 0.15) is 19.4 Å². The van der Waals surface area contributed by atoms with E-state index in [1.165, 1.54) is 11.0 Å². The van der Waals surface area contributed by atoms with Gasteiger partial charge in [-0.25, -0.2) is 0 Å². The molecule has 0 radical (unpaired) electrons. The van der Waals surface area contributed by atoms with Gasteiger partial charge >= 0.3 is 0 Å². The highest BCUT2D eigenvalue weighted by molar-refractivity contribution is 9.10. The quantitative estimate of drug-likeness (QED) is 0.564. The van der Waals surface area contributed by atoms with E-state index in [1.54, 1.807) is 31.3 Å². The zero-order chi connectivity index (χ0) is 21.2. The topological polar surface area (TPSA) is 67.9 Å². The Hall–Kier alpha value is -2.80. The maximum absolute atomic E-state index is 12.3. The van der Waals surface area contributed by atoms with Crippen LogP contribution in [0.3, 0.4) is 0 Å². The summed E-state index contributed by atoms with van der Waals surface area (Å²) in [6, 6.07) is 12.8. The number of benzene rings is 2. The first-order valence-electron chi connectivity index (χ1n) is 9.31. The van der Waals surface area contributed by atoms with E-state index in [4.69, 9.17) is 9.47 Å². The van der Waals surface area contributed by atoms with Crippen LogP contribution in [0.2, 0.25) is 0 Å². The molecular formula is C22H25BrN2O4. The van der Waals surface area contributed by atoms with Gasteiger partial charge in [-0.1, -0.05) is 28.1 Å². The average Bonchev–Trinajstić information content (AvgIpc) is 2.68. The molecule has 0 fully saturated rings. The molecule has 2 aromatic carbocycles. The van der Waals surface area contributed by atoms with E-state index in [-0.39, 0.29) is 18.4 Å². The number of rotatable bonds is 9. The van der Waals surface area contributed by atoms with Gasteiger partial charge < -0.3 is 19.7 Å². The summed E-state index contributed by atoms with van der Waals surface area (Å²) >= 11 is 3.39. The van der Waals surface area contributed by atoms with Crippen molar-refractivity contribution in [2.24, 2.45) is 0 Å². The third-order valence-electron chi connectivity index (χ3n) is 3.85. The van der Waals surface area contributed by atoms with Crippen molar-refractivity contribution in [1.82, 2.24) is 4.90 Å². The molecule has 0 heterocycles.